The molecule has 1 atom stereocenters. The molecule has 8 heteroatoms. The van der Waals surface area contributed by atoms with Crippen LogP contribution in [0.25, 0.3) is 22.3 Å². The molecule has 3 heterocycles. The van der Waals surface area contributed by atoms with E-state index in [1.807, 2.05) is 61.7 Å². The SMILES string of the molecule is Cc1ccc(-c2noc(CN3C(=O)N[C@H](Cc4c[nH]c5ccccc45)C3=O)n2)cc1. The predicted molar refractivity (Wildman–Crippen MR) is 109 cm³/mol. The molecule has 0 bridgehead atoms. The summed E-state index contributed by atoms with van der Waals surface area (Å²) in [7, 11) is 0. The molecule has 1 aliphatic rings. The molecule has 2 N–H and O–H groups in total. The van der Waals surface area contributed by atoms with Crippen molar-refractivity contribution < 1.29 is 14.1 Å². The third kappa shape index (κ3) is 3.22. The minimum atomic E-state index is -0.629. The standard InChI is InChI=1S/C22H19N5O3/c1-13-6-8-14(9-7-13)20-25-19(30-26-20)12-27-21(28)18(24-22(27)29)10-15-11-23-17-5-3-2-4-16(15)17/h2-9,11,18,23H,10,12H2,1H3,(H,24,29)/t18-/m1/s1. The number of nitrogens with one attached hydrogen (secondary N) is 2. The summed E-state index contributed by atoms with van der Waals surface area (Å²) in [4.78, 5) is 33.9. The number of hydrogen-bond donors (Lipinski definition) is 2. The van der Waals surface area contributed by atoms with Gasteiger partial charge < -0.3 is 14.8 Å². The summed E-state index contributed by atoms with van der Waals surface area (Å²) in [5, 5.41) is 7.76. The van der Waals surface area contributed by atoms with Gasteiger partial charge in [0.2, 0.25) is 11.7 Å². The number of carbonyl (C=O) groups is 2. The maximum absolute atomic E-state index is 12.8. The Kier molecular flexibility index (Phi) is 4.31. The van der Waals surface area contributed by atoms with Gasteiger partial charge in [-0.1, -0.05) is 53.2 Å². The lowest BCUT2D eigenvalue weighted by Crippen LogP contribution is -2.32. The molecule has 8 nitrogen and oxygen atoms in total. The lowest BCUT2D eigenvalue weighted by Gasteiger charge is -2.10. The van der Waals surface area contributed by atoms with Gasteiger partial charge in [-0.15, -0.1) is 0 Å². The lowest BCUT2D eigenvalue weighted by atomic mass is 10.1. The predicted octanol–water partition coefficient (Wildman–Crippen LogP) is 3.19. The van der Waals surface area contributed by atoms with Crippen LogP contribution >= 0.6 is 0 Å². The van der Waals surface area contributed by atoms with Gasteiger partial charge in [0, 0.05) is 29.1 Å². The number of nitrogens with zero attached hydrogens (tertiary/aromatic N) is 3. The molecule has 1 fully saturated rings. The number of aromatic nitrogens is 3. The topological polar surface area (TPSA) is 104 Å². The van der Waals surface area contributed by atoms with Gasteiger partial charge in [-0.3, -0.25) is 9.69 Å². The number of fused-ring (bicyclic) bond motifs is 1. The third-order valence-electron chi connectivity index (χ3n) is 5.28. The molecule has 1 aliphatic heterocycles. The number of hydrogen-bond acceptors (Lipinski definition) is 5. The summed E-state index contributed by atoms with van der Waals surface area (Å²) >= 11 is 0. The van der Waals surface area contributed by atoms with Crippen LogP contribution in [0.4, 0.5) is 4.79 Å². The highest BCUT2D eigenvalue weighted by Gasteiger charge is 2.39. The molecule has 150 valence electrons. The van der Waals surface area contributed by atoms with Crippen LogP contribution in [-0.2, 0) is 17.8 Å². The Hall–Kier alpha value is -3.94. The highest BCUT2D eigenvalue weighted by atomic mass is 16.5. The van der Waals surface area contributed by atoms with E-state index in [9.17, 15) is 9.59 Å². The molecular weight excluding hydrogens is 382 g/mol. The number of rotatable bonds is 5. The number of para-hydroxylation sites is 1. The molecule has 2 aromatic carbocycles. The quantitative estimate of drug-likeness (QED) is 0.500. The Morgan fingerprint density at radius 2 is 1.90 bits per heavy atom. The van der Waals surface area contributed by atoms with E-state index in [1.165, 1.54) is 0 Å². The Morgan fingerprint density at radius 3 is 2.73 bits per heavy atom. The van der Waals surface area contributed by atoms with Crippen molar-refractivity contribution in [1.82, 2.24) is 25.3 Å². The van der Waals surface area contributed by atoms with E-state index in [1.54, 1.807) is 0 Å². The molecule has 0 spiro atoms. The molecule has 30 heavy (non-hydrogen) atoms. The van der Waals surface area contributed by atoms with E-state index in [-0.39, 0.29) is 18.3 Å². The van der Waals surface area contributed by atoms with Crippen molar-refractivity contribution in [2.75, 3.05) is 0 Å². The maximum Gasteiger partial charge on any atom is 0.325 e. The lowest BCUT2D eigenvalue weighted by molar-refractivity contribution is -0.128. The first-order valence-electron chi connectivity index (χ1n) is 9.65. The summed E-state index contributed by atoms with van der Waals surface area (Å²) in [6.45, 7) is 1.93. The average molecular weight is 401 g/mol. The fourth-order valence-electron chi connectivity index (χ4n) is 3.66. The van der Waals surface area contributed by atoms with Crippen molar-refractivity contribution in [1.29, 1.82) is 0 Å². The molecule has 4 aromatic rings. The highest BCUT2D eigenvalue weighted by molar-refractivity contribution is 6.04. The van der Waals surface area contributed by atoms with Crippen LogP contribution in [0.2, 0.25) is 0 Å². The van der Waals surface area contributed by atoms with Crippen LogP contribution in [0.5, 0.6) is 0 Å². The highest BCUT2D eigenvalue weighted by Crippen LogP contribution is 2.22. The number of H-pyrrole nitrogens is 1. The van der Waals surface area contributed by atoms with Crippen molar-refractivity contribution in [3.8, 4) is 11.4 Å². The molecule has 0 unspecified atom stereocenters. The largest absolute Gasteiger partial charge is 0.361 e. The first-order valence-corrected chi connectivity index (χ1v) is 9.65. The van der Waals surface area contributed by atoms with Crippen molar-refractivity contribution in [3.63, 3.8) is 0 Å². The van der Waals surface area contributed by atoms with Crippen molar-refractivity contribution >= 4 is 22.8 Å². The van der Waals surface area contributed by atoms with Gasteiger partial charge in [-0.2, -0.15) is 4.98 Å². The zero-order valence-electron chi connectivity index (χ0n) is 16.3. The van der Waals surface area contributed by atoms with Crippen LogP contribution in [0, 0.1) is 6.92 Å². The fourth-order valence-corrected chi connectivity index (χ4v) is 3.66. The van der Waals surface area contributed by atoms with Crippen molar-refractivity contribution in [3.05, 3.63) is 71.7 Å². The number of amides is 3. The van der Waals surface area contributed by atoms with Gasteiger partial charge in [0.1, 0.15) is 12.6 Å². The minimum Gasteiger partial charge on any atom is -0.361 e. The van der Waals surface area contributed by atoms with E-state index in [0.29, 0.717) is 12.2 Å². The van der Waals surface area contributed by atoms with E-state index >= 15 is 0 Å². The number of imide groups is 1. The summed E-state index contributed by atoms with van der Waals surface area (Å²) < 4.78 is 5.27. The summed E-state index contributed by atoms with van der Waals surface area (Å²) in [5.74, 6) is 0.328. The molecule has 0 radical (unpaired) electrons. The second-order valence-electron chi connectivity index (χ2n) is 7.37. The number of aromatic amines is 1. The molecule has 0 aliphatic carbocycles. The summed E-state index contributed by atoms with van der Waals surface area (Å²) in [6, 6.07) is 14.5. The third-order valence-corrected chi connectivity index (χ3v) is 5.28. The van der Waals surface area contributed by atoms with Crippen LogP contribution in [-0.4, -0.2) is 38.0 Å². The van der Waals surface area contributed by atoms with Gasteiger partial charge in [0.05, 0.1) is 0 Å². The molecule has 0 saturated carbocycles. The molecule has 5 rings (SSSR count). The zero-order chi connectivity index (χ0) is 20.7. The Bertz CT molecular complexity index is 1240. The summed E-state index contributed by atoms with van der Waals surface area (Å²) in [5.41, 5.74) is 3.91. The number of carbonyl (C=O) groups excluding carboxylic acids is 2. The Labute approximate surface area is 171 Å². The van der Waals surface area contributed by atoms with Crippen LogP contribution in [0.1, 0.15) is 17.0 Å². The average Bonchev–Trinajstić information content (AvgIpc) is 3.44. The monoisotopic (exact) mass is 401 g/mol. The van der Waals surface area contributed by atoms with Gasteiger partial charge >= 0.3 is 6.03 Å². The van der Waals surface area contributed by atoms with Crippen molar-refractivity contribution in [2.24, 2.45) is 0 Å². The summed E-state index contributed by atoms with van der Waals surface area (Å²) in [6.07, 6.45) is 2.28. The first kappa shape index (κ1) is 18.1. The van der Waals surface area contributed by atoms with Gasteiger partial charge in [0.15, 0.2) is 0 Å². The number of aryl methyl sites for hydroxylation is 1. The molecule has 1 saturated heterocycles. The van der Waals surface area contributed by atoms with E-state index in [0.717, 1.165) is 32.5 Å². The smallest absolute Gasteiger partial charge is 0.325 e. The second kappa shape index (κ2) is 7.14. The Balaban J connectivity index is 1.31. The van der Waals surface area contributed by atoms with Gasteiger partial charge in [0.25, 0.3) is 5.91 Å². The van der Waals surface area contributed by atoms with Crippen LogP contribution < -0.4 is 5.32 Å². The number of urea groups is 1. The van der Waals surface area contributed by atoms with E-state index < -0.39 is 12.1 Å². The van der Waals surface area contributed by atoms with Crippen LogP contribution in [0.3, 0.4) is 0 Å². The van der Waals surface area contributed by atoms with E-state index in [2.05, 4.69) is 20.4 Å². The van der Waals surface area contributed by atoms with Gasteiger partial charge in [-0.05, 0) is 18.6 Å². The van der Waals surface area contributed by atoms with Gasteiger partial charge in [-0.25, -0.2) is 4.79 Å². The Morgan fingerprint density at radius 1 is 1.10 bits per heavy atom. The van der Waals surface area contributed by atoms with Crippen molar-refractivity contribution in [2.45, 2.75) is 25.9 Å². The number of benzene rings is 2. The second-order valence-corrected chi connectivity index (χ2v) is 7.37. The first-order chi connectivity index (χ1) is 14.6. The van der Waals surface area contributed by atoms with E-state index in [4.69, 9.17) is 4.52 Å². The molecule has 2 aromatic heterocycles. The maximum atomic E-state index is 12.8. The fraction of sp³-hybridized carbons (Fsp3) is 0.182. The molecule has 3 amide bonds. The molecular formula is C22H19N5O3. The van der Waals surface area contributed by atoms with Crippen LogP contribution in [0.15, 0.2) is 59.3 Å². The minimum absolute atomic E-state index is 0.0616. The normalized spacial score (nSPS) is 16.4. The zero-order valence-corrected chi connectivity index (χ0v) is 16.3.